The molecule has 7 heteroatoms. The Morgan fingerprint density at radius 1 is 1.12 bits per heavy atom. The monoisotopic (exact) mass is 460 g/mol. The zero-order valence-corrected chi connectivity index (χ0v) is 19.4. The van der Waals surface area contributed by atoms with Crippen LogP contribution in [-0.2, 0) is 4.79 Å². The normalized spacial score (nSPS) is 15.9. The average molecular weight is 461 g/mol. The summed E-state index contributed by atoms with van der Waals surface area (Å²) in [5.74, 6) is 0.969. The van der Waals surface area contributed by atoms with Gasteiger partial charge in [-0.2, -0.15) is 5.26 Å². The Kier molecular flexibility index (Phi) is 6.38. The van der Waals surface area contributed by atoms with Crippen LogP contribution in [0.15, 0.2) is 71.4 Å². The van der Waals surface area contributed by atoms with Crippen LogP contribution in [0.5, 0.6) is 17.2 Å². The summed E-state index contributed by atoms with van der Waals surface area (Å²) in [6, 6.07) is 18.8. The Bertz CT molecular complexity index is 1220. The zero-order valence-electron chi connectivity index (χ0n) is 18.6. The number of hydrogen-bond donors (Lipinski definition) is 1. The van der Waals surface area contributed by atoms with Gasteiger partial charge in [0.1, 0.15) is 28.9 Å². The van der Waals surface area contributed by atoms with Gasteiger partial charge in [0.2, 0.25) is 5.88 Å². The molecule has 6 nitrogen and oxygen atoms in total. The summed E-state index contributed by atoms with van der Waals surface area (Å²) in [5, 5.41) is 11.6. The molecule has 1 aliphatic rings. The molecule has 2 heterocycles. The van der Waals surface area contributed by atoms with Crippen molar-refractivity contribution in [3.05, 3.63) is 87.4 Å². The van der Waals surface area contributed by atoms with E-state index in [1.165, 1.54) is 16.9 Å². The van der Waals surface area contributed by atoms with Gasteiger partial charge in [0.15, 0.2) is 6.10 Å². The Morgan fingerprint density at radius 3 is 2.48 bits per heavy atom. The molecule has 0 fully saturated rings. The van der Waals surface area contributed by atoms with E-state index in [0.717, 1.165) is 10.4 Å². The van der Waals surface area contributed by atoms with E-state index in [1.54, 1.807) is 25.1 Å². The molecular formula is C26H24N2O4S. The number of nitrogens with two attached hydrogens (primary N) is 1. The summed E-state index contributed by atoms with van der Waals surface area (Å²) in [5.41, 5.74) is 8.37. The van der Waals surface area contributed by atoms with Gasteiger partial charge in [-0.25, -0.2) is 4.79 Å². The molecule has 2 atom stereocenters. The lowest BCUT2D eigenvalue weighted by atomic mass is 9.88. The second kappa shape index (κ2) is 9.39. The number of carbonyl (C=O) groups is 1. The third kappa shape index (κ3) is 4.71. The molecule has 33 heavy (non-hydrogen) atoms. The van der Waals surface area contributed by atoms with E-state index in [4.69, 9.17) is 19.9 Å². The summed E-state index contributed by atoms with van der Waals surface area (Å²) in [4.78, 5) is 13.6. The van der Waals surface area contributed by atoms with Crippen LogP contribution in [-0.4, -0.2) is 12.1 Å². The van der Waals surface area contributed by atoms with Gasteiger partial charge in [-0.1, -0.05) is 38.1 Å². The van der Waals surface area contributed by atoms with Crippen LogP contribution in [0.25, 0.3) is 0 Å². The lowest BCUT2D eigenvalue weighted by molar-refractivity contribution is -0.141. The van der Waals surface area contributed by atoms with Gasteiger partial charge in [-0.05, 0) is 48.1 Å². The maximum absolute atomic E-state index is 12.6. The number of nitriles is 1. The lowest BCUT2D eigenvalue weighted by Gasteiger charge is -2.25. The molecule has 1 aliphatic heterocycles. The number of nitrogens with zero attached hydrogens (tertiary/aromatic N) is 1. The van der Waals surface area contributed by atoms with Gasteiger partial charge in [-0.3, -0.25) is 0 Å². The van der Waals surface area contributed by atoms with Gasteiger partial charge in [0, 0.05) is 16.5 Å². The zero-order chi connectivity index (χ0) is 23.5. The van der Waals surface area contributed by atoms with Crippen LogP contribution in [0.2, 0.25) is 0 Å². The second-order valence-electron chi connectivity index (χ2n) is 8.04. The van der Waals surface area contributed by atoms with Gasteiger partial charge in [0.25, 0.3) is 0 Å². The van der Waals surface area contributed by atoms with Crippen molar-refractivity contribution in [2.75, 3.05) is 0 Å². The third-order valence-electron chi connectivity index (χ3n) is 5.43. The van der Waals surface area contributed by atoms with Crippen molar-refractivity contribution >= 4 is 17.3 Å². The van der Waals surface area contributed by atoms with Gasteiger partial charge >= 0.3 is 5.97 Å². The Morgan fingerprint density at radius 2 is 1.85 bits per heavy atom. The number of benzene rings is 2. The molecule has 0 saturated heterocycles. The fourth-order valence-electron chi connectivity index (χ4n) is 3.63. The quantitative estimate of drug-likeness (QED) is 0.388. The third-order valence-corrected chi connectivity index (χ3v) is 6.37. The first-order chi connectivity index (χ1) is 15.9. The lowest BCUT2D eigenvalue weighted by Crippen LogP contribution is -2.28. The number of carbonyl (C=O) groups excluding carboxylic acids is 1. The fourth-order valence-corrected chi connectivity index (χ4v) is 4.48. The van der Waals surface area contributed by atoms with Crippen molar-refractivity contribution in [1.29, 1.82) is 5.26 Å². The Labute approximate surface area is 196 Å². The predicted octanol–water partition coefficient (Wildman–Crippen LogP) is 5.46. The predicted molar refractivity (Wildman–Crippen MR) is 126 cm³/mol. The number of ether oxygens (including phenoxy) is 3. The van der Waals surface area contributed by atoms with Gasteiger partial charge in [0.05, 0.1) is 5.92 Å². The first kappa shape index (κ1) is 22.4. The molecule has 0 bridgehead atoms. The molecule has 0 spiro atoms. The maximum atomic E-state index is 12.6. The Balaban J connectivity index is 1.50. The van der Waals surface area contributed by atoms with E-state index < -0.39 is 12.1 Å². The minimum atomic E-state index is -0.805. The van der Waals surface area contributed by atoms with Crippen molar-refractivity contribution in [2.24, 2.45) is 5.73 Å². The first-order valence-electron chi connectivity index (χ1n) is 10.6. The summed E-state index contributed by atoms with van der Waals surface area (Å²) < 4.78 is 17.0. The molecule has 2 aromatic carbocycles. The van der Waals surface area contributed by atoms with Crippen LogP contribution in [0, 0.1) is 11.3 Å². The molecule has 3 aromatic rings. The van der Waals surface area contributed by atoms with E-state index in [0.29, 0.717) is 28.7 Å². The Hall–Kier alpha value is -3.76. The van der Waals surface area contributed by atoms with Gasteiger partial charge < -0.3 is 19.9 Å². The molecule has 0 aliphatic carbocycles. The highest BCUT2D eigenvalue weighted by atomic mass is 32.1. The molecule has 0 radical (unpaired) electrons. The van der Waals surface area contributed by atoms with Crippen LogP contribution in [0.3, 0.4) is 0 Å². The molecule has 168 valence electrons. The number of rotatable bonds is 6. The van der Waals surface area contributed by atoms with Crippen molar-refractivity contribution in [2.45, 2.75) is 38.7 Å². The van der Waals surface area contributed by atoms with Crippen molar-refractivity contribution in [3.8, 4) is 23.3 Å². The summed E-state index contributed by atoms with van der Waals surface area (Å²) >= 11 is 1.54. The molecule has 2 unspecified atom stereocenters. The number of hydrogen-bond acceptors (Lipinski definition) is 7. The summed E-state index contributed by atoms with van der Waals surface area (Å²) in [6.07, 6.45) is -0.805. The van der Waals surface area contributed by atoms with Crippen LogP contribution in [0.1, 0.15) is 48.6 Å². The minimum Gasteiger partial charge on any atom is -0.479 e. The van der Waals surface area contributed by atoms with E-state index in [-0.39, 0.29) is 11.8 Å². The van der Waals surface area contributed by atoms with E-state index in [2.05, 4.69) is 19.9 Å². The van der Waals surface area contributed by atoms with Crippen molar-refractivity contribution in [3.63, 3.8) is 0 Å². The molecule has 4 rings (SSSR count). The molecule has 0 saturated carbocycles. The maximum Gasteiger partial charge on any atom is 0.352 e. The largest absolute Gasteiger partial charge is 0.479 e. The van der Waals surface area contributed by atoms with E-state index in [9.17, 15) is 10.1 Å². The number of thiophene rings is 1. The number of allylic oxidation sites excluding steroid dienone is 1. The first-order valence-corrected chi connectivity index (χ1v) is 11.5. The highest BCUT2D eigenvalue weighted by Crippen LogP contribution is 2.44. The van der Waals surface area contributed by atoms with E-state index >= 15 is 0 Å². The standard InChI is InChI=1S/C26H24N2O4S/c1-15(2)17-6-8-18(9-7-17)30-16(3)26(29)31-19-10-11-20-22(13-19)32-25(28)21(14-27)24(20)23-5-4-12-33-23/h4-13,15-16,24H,28H2,1-3H3. The number of fused-ring (bicyclic) bond motifs is 1. The minimum absolute atomic E-state index is 0.0495. The van der Waals surface area contributed by atoms with Crippen LogP contribution in [0.4, 0.5) is 0 Å². The van der Waals surface area contributed by atoms with Crippen LogP contribution >= 0.6 is 11.3 Å². The van der Waals surface area contributed by atoms with Crippen LogP contribution < -0.4 is 19.9 Å². The highest BCUT2D eigenvalue weighted by molar-refractivity contribution is 7.10. The molecule has 0 amide bonds. The van der Waals surface area contributed by atoms with Gasteiger partial charge in [-0.15, -0.1) is 11.3 Å². The summed E-state index contributed by atoms with van der Waals surface area (Å²) in [6.45, 7) is 5.87. The average Bonchev–Trinajstić information content (AvgIpc) is 3.33. The van der Waals surface area contributed by atoms with Crippen molar-refractivity contribution < 1.29 is 19.0 Å². The molecule has 2 N–H and O–H groups in total. The second-order valence-corrected chi connectivity index (χ2v) is 9.02. The number of esters is 1. The summed E-state index contributed by atoms with van der Waals surface area (Å²) in [7, 11) is 0. The SMILES string of the molecule is CC(Oc1ccc(C(C)C)cc1)C(=O)Oc1ccc2c(c1)OC(N)=C(C#N)C2c1cccs1. The topological polar surface area (TPSA) is 94.6 Å². The smallest absolute Gasteiger partial charge is 0.352 e. The van der Waals surface area contributed by atoms with E-state index in [1.807, 2.05) is 41.8 Å². The molecular weight excluding hydrogens is 436 g/mol. The molecule has 1 aromatic heterocycles. The van der Waals surface area contributed by atoms with Crippen molar-refractivity contribution in [1.82, 2.24) is 0 Å². The fraction of sp³-hybridized carbons (Fsp3) is 0.231. The highest BCUT2D eigenvalue weighted by Gasteiger charge is 2.31.